The third-order valence-corrected chi connectivity index (χ3v) is 8.29. The third-order valence-electron chi connectivity index (χ3n) is 3.72. The van der Waals surface area contributed by atoms with Gasteiger partial charge in [-0.15, -0.1) is 0 Å². The molecule has 0 saturated heterocycles. The van der Waals surface area contributed by atoms with Crippen molar-refractivity contribution in [2.75, 3.05) is 13.2 Å². The van der Waals surface area contributed by atoms with E-state index in [9.17, 15) is 4.79 Å². The number of carbonyl (C=O) groups excluding carboxylic acids is 1. The Morgan fingerprint density at radius 3 is 2.10 bits per heavy atom. The molecular weight excluding hydrogens is 286 g/mol. The lowest BCUT2D eigenvalue weighted by Gasteiger charge is -2.39. The van der Waals surface area contributed by atoms with E-state index in [-0.39, 0.29) is 30.3 Å². The molecule has 0 spiro atoms. The first-order chi connectivity index (χ1) is 9.39. The van der Waals surface area contributed by atoms with E-state index >= 15 is 0 Å². The van der Waals surface area contributed by atoms with Crippen LogP contribution >= 0.6 is 0 Å². The zero-order valence-electron chi connectivity index (χ0n) is 14.6. The Balaban J connectivity index is 0. The minimum atomic E-state index is -1.66. The monoisotopic (exact) mass is 319 g/mol. The smallest absolute Gasteiger partial charge is 0.404 e. The van der Waals surface area contributed by atoms with Gasteiger partial charge in [0.05, 0.1) is 0 Å². The lowest BCUT2D eigenvalue weighted by molar-refractivity contribution is 0.0984. The maximum absolute atomic E-state index is 9.71. The molecule has 2 unspecified atom stereocenters. The van der Waals surface area contributed by atoms with Gasteiger partial charge in [0.1, 0.15) is 6.61 Å². The molecule has 0 saturated carbocycles. The second-order valence-electron chi connectivity index (χ2n) is 6.66. The Morgan fingerprint density at radius 2 is 1.86 bits per heavy atom. The topological polar surface area (TPSA) is 81.8 Å². The number of aliphatic hydroxyl groups excluding tert-OH is 1. The quantitative estimate of drug-likeness (QED) is 0.581. The van der Waals surface area contributed by atoms with Crippen LogP contribution in [-0.4, -0.2) is 38.8 Å². The first-order valence-corrected chi connectivity index (χ1v) is 10.1. The van der Waals surface area contributed by atoms with Crippen LogP contribution in [-0.2, 0) is 9.16 Å². The summed E-state index contributed by atoms with van der Waals surface area (Å²) in [4.78, 5) is 9.71. The van der Waals surface area contributed by atoms with Gasteiger partial charge >= 0.3 is 6.09 Å². The van der Waals surface area contributed by atoms with Gasteiger partial charge in [-0.2, -0.15) is 0 Å². The van der Waals surface area contributed by atoms with E-state index in [1.165, 1.54) is 6.08 Å². The van der Waals surface area contributed by atoms with Crippen molar-refractivity contribution in [1.29, 1.82) is 0 Å². The van der Waals surface area contributed by atoms with E-state index < -0.39 is 14.4 Å². The summed E-state index contributed by atoms with van der Waals surface area (Å²) >= 11 is 0. The Bertz CT molecular complexity index is 313. The molecule has 0 rings (SSSR count). The van der Waals surface area contributed by atoms with Gasteiger partial charge in [-0.1, -0.05) is 40.3 Å². The molecule has 5 nitrogen and oxygen atoms in total. The van der Waals surface area contributed by atoms with Crippen molar-refractivity contribution in [3.63, 3.8) is 0 Å². The van der Waals surface area contributed by atoms with Gasteiger partial charge in [-0.3, -0.25) is 0 Å². The maximum atomic E-state index is 9.71. The molecule has 0 aliphatic rings. The lowest BCUT2D eigenvalue weighted by Crippen LogP contribution is -2.45. The second-order valence-corrected chi connectivity index (χ2v) is 11.4. The molecular formula is C15H33NO4Si. The van der Waals surface area contributed by atoms with Gasteiger partial charge in [-0.05, 0) is 25.1 Å². The Kier molecular flexibility index (Phi) is 10.6. The van der Waals surface area contributed by atoms with Crippen molar-refractivity contribution in [2.24, 2.45) is 11.7 Å². The zero-order chi connectivity index (χ0) is 17.3. The van der Waals surface area contributed by atoms with Crippen LogP contribution in [0.2, 0.25) is 18.1 Å². The average molecular weight is 320 g/mol. The molecule has 21 heavy (non-hydrogen) atoms. The molecule has 1 amide bonds. The third kappa shape index (κ3) is 10.5. The van der Waals surface area contributed by atoms with Crippen molar-refractivity contribution in [1.82, 2.24) is 0 Å². The van der Waals surface area contributed by atoms with Gasteiger partial charge < -0.3 is 20.0 Å². The average Bonchev–Trinajstić information content (AvgIpc) is 2.34. The fourth-order valence-corrected chi connectivity index (χ4v) is 2.56. The summed E-state index contributed by atoms with van der Waals surface area (Å²) < 4.78 is 10.3. The largest absolute Gasteiger partial charge is 0.445 e. The zero-order valence-corrected chi connectivity index (χ0v) is 15.6. The van der Waals surface area contributed by atoms with E-state index in [2.05, 4.69) is 57.8 Å². The second kappa shape index (κ2) is 9.97. The molecule has 0 heterocycles. The maximum Gasteiger partial charge on any atom is 0.404 e. The van der Waals surface area contributed by atoms with Crippen LogP contribution in [0.15, 0.2) is 12.7 Å². The number of hydrogen-bond donors (Lipinski definition) is 2. The number of primary amides is 1. The number of carbonyl (C=O) groups is 1. The van der Waals surface area contributed by atoms with Crippen molar-refractivity contribution >= 4 is 14.4 Å². The van der Waals surface area contributed by atoms with E-state index in [0.717, 1.165) is 0 Å². The molecule has 0 aromatic heterocycles. The van der Waals surface area contributed by atoms with E-state index in [0.29, 0.717) is 0 Å². The number of amides is 1. The van der Waals surface area contributed by atoms with Crippen LogP contribution in [0.1, 0.15) is 34.6 Å². The normalized spacial score (nSPS) is 14.5. The minimum absolute atomic E-state index is 0.154. The van der Waals surface area contributed by atoms with Gasteiger partial charge in [-0.25, -0.2) is 4.79 Å². The highest BCUT2D eigenvalue weighted by Crippen LogP contribution is 2.37. The molecule has 0 aromatic carbocycles. The molecule has 0 radical (unpaired) electrons. The first kappa shape index (κ1) is 22.4. The summed E-state index contributed by atoms with van der Waals surface area (Å²) in [6, 6.07) is 0. The van der Waals surface area contributed by atoms with Crippen molar-refractivity contribution < 1.29 is 19.1 Å². The highest BCUT2D eigenvalue weighted by molar-refractivity contribution is 6.74. The Morgan fingerprint density at radius 1 is 1.38 bits per heavy atom. The van der Waals surface area contributed by atoms with Crippen LogP contribution in [0.5, 0.6) is 0 Å². The number of hydrogen-bond acceptors (Lipinski definition) is 4. The number of ether oxygens (including phenoxy) is 1. The lowest BCUT2D eigenvalue weighted by atomic mass is 10.1. The predicted octanol–water partition coefficient (Wildman–Crippen LogP) is 3.29. The molecule has 6 heteroatoms. The van der Waals surface area contributed by atoms with Crippen molar-refractivity contribution in [3.05, 3.63) is 12.7 Å². The van der Waals surface area contributed by atoms with Gasteiger partial charge in [0, 0.05) is 18.6 Å². The van der Waals surface area contributed by atoms with Gasteiger partial charge in [0.15, 0.2) is 8.32 Å². The van der Waals surface area contributed by atoms with Crippen LogP contribution in [0.25, 0.3) is 0 Å². The summed E-state index contributed by atoms with van der Waals surface area (Å²) in [5.74, 6) is 0.226. The van der Waals surface area contributed by atoms with E-state index in [1.807, 2.05) is 6.92 Å². The molecule has 0 aliphatic heterocycles. The molecule has 126 valence electrons. The fraction of sp³-hybridized carbons (Fsp3) is 0.800. The SMILES string of the molecule is C=CCOC(N)=O.CC(CO)C(C)O[Si](C)(C)C(C)(C)C. The standard InChI is InChI=1S/C11H26O2Si.C4H7NO2/c1-9(8-12)10(2)13-14(6,7)11(3,4)5;1-2-3-7-4(5)6/h9-10,12H,8H2,1-7H3;2H,1,3H2,(H2,5,6). The summed E-state index contributed by atoms with van der Waals surface area (Å²) in [6.45, 7) is 19.0. The number of nitrogens with two attached hydrogens (primary N) is 1. The Labute approximate surface area is 130 Å². The van der Waals surface area contributed by atoms with Crippen LogP contribution in [0, 0.1) is 5.92 Å². The van der Waals surface area contributed by atoms with Crippen LogP contribution in [0.3, 0.4) is 0 Å². The fourth-order valence-electron chi connectivity index (χ4n) is 1.05. The summed E-state index contributed by atoms with van der Waals surface area (Å²) in [5, 5.41) is 9.29. The highest BCUT2D eigenvalue weighted by Gasteiger charge is 2.38. The van der Waals surface area contributed by atoms with Crippen LogP contribution in [0.4, 0.5) is 4.79 Å². The van der Waals surface area contributed by atoms with E-state index in [1.54, 1.807) is 0 Å². The van der Waals surface area contributed by atoms with Crippen LogP contribution < -0.4 is 5.73 Å². The van der Waals surface area contributed by atoms with E-state index in [4.69, 9.17) is 9.53 Å². The van der Waals surface area contributed by atoms with Crippen molar-refractivity contribution in [3.8, 4) is 0 Å². The first-order valence-electron chi connectivity index (χ1n) is 7.20. The Hall–Kier alpha value is -0.853. The summed E-state index contributed by atoms with van der Waals surface area (Å²) in [5.41, 5.74) is 4.57. The number of rotatable bonds is 6. The van der Waals surface area contributed by atoms with Gasteiger partial charge in [0.25, 0.3) is 0 Å². The molecule has 3 N–H and O–H groups in total. The number of aliphatic hydroxyl groups is 1. The van der Waals surface area contributed by atoms with Crippen molar-refractivity contribution in [2.45, 2.75) is 58.9 Å². The van der Waals surface area contributed by atoms with Gasteiger partial charge in [0.2, 0.25) is 0 Å². The minimum Gasteiger partial charge on any atom is -0.445 e. The molecule has 0 aliphatic carbocycles. The highest BCUT2D eigenvalue weighted by atomic mass is 28.4. The summed E-state index contributed by atoms with van der Waals surface area (Å²) in [7, 11) is -1.66. The summed E-state index contributed by atoms with van der Waals surface area (Å²) in [6.07, 6.45) is 0.839. The molecule has 0 bridgehead atoms. The predicted molar refractivity (Wildman–Crippen MR) is 89.7 cm³/mol. The molecule has 2 atom stereocenters. The molecule has 0 fully saturated rings. The molecule has 0 aromatic rings.